The van der Waals surface area contributed by atoms with Gasteiger partial charge in [0.2, 0.25) is 0 Å². The van der Waals surface area contributed by atoms with Crippen LogP contribution >= 0.6 is 0 Å². The zero-order valence-electron chi connectivity index (χ0n) is 11.3. The van der Waals surface area contributed by atoms with Gasteiger partial charge in [0.1, 0.15) is 5.75 Å². The molecule has 20 heavy (non-hydrogen) atoms. The van der Waals surface area contributed by atoms with Crippen molar-refractivity contribution in [2.24, 2.45) is 5.73 Å². The van der Waals surface area contributed by atoms with Crippen molar-refractivity contribution in [1.82, 2.24) is 15.1 Å². The largest absolute Gasteiger partial charge is 0.508 e. The zero-order valence-corrected chi connectivity index (χ0v) is 11.3. The van der Waals surface area contributed by atoms with Crippen molar-refractivity contribution >= 4 is 17.0 Å². The Labute approximate surface area is 116 Å². The number of nitrogens with zero attached hydrogens (tertiary/aromatic N) is 2. The third kappa shape index (κ3) is 3.61. The van der Waals surface area contributed by atoms with Crippen molar-refractivity contribution in [1.29, 1.82) is 0 Å². The standard InChI is InChI=1S/C13H18N4O3/c1-17(5-2-6-20-13(14)19)8-12-10-7-9(18)3-4-11(10)15-16-12/h3-4,7,18H,2,5-6,8H2,1H3,(H2,14,19)(H,15,16). The number of carbonyl (C=O) groups excluding carboxylic acids is 1. The van der Waals surface area contributed by atoms with E-state index in [4.69, 9.17) is 5.73 Å². The fourth-order valence-corrected chi connectivity index (χ4v) is 2.03. The van der Waals surface area contributed by atoms with Gasteiger partial charge in [0, 0.05) is 18.5 Å². The molecule has 7 nitrogen and oxygen atoms in total. The number of aromatic hydroxyl groups is 1. The predicted molar refractivity (Wildman–Crippen MR) is 74.2 cm³/mol. The number of hydrogen-bond acceptors (Lipinski definition) is 5. The highest BCUT2D eigenvalue weighted by Gasteiger charge is 2.08. The molecule has 2 rings (SSSR count). The van der Waals surface area contributed by atoms with E-state index in [9.17, 15) is 9.90 Å². The van der Waals surface area contributed by atoms with E-state index in [1.54, 1.807) is 18.2 Å². The molecule has 0 fully saturated rings. The molecular formula is C13H18N4O3. The van der Waals surface area contributed by atoms with Gasteiger partial charge in [0.25, 0.3) is 0 Å². The Morgan fingerprint density at radius 2 is 2.35 bits per heavy atom. The summed E-state index contributed by atoms with van der Waals surface area (Å²) in [6.45, 7) is 1.73. The molecule has 0 saturated heterocycles. The van der Waals surface area contributed by atoms with E-state index in [-0.39, 0.29) is 5.75 Å². The average molecular weight is 278 g/mol. The molecule has 0 aliphatic carbocycles. The van der Waals surface area contributed by atoms with Gasteiger partial charge in [0.15, 0.2) is 0 Å². The number of fused-ring (bicyclic) bond motifs is 1. The van der Waals surface area contributed by atoms with Gasteiger partial charge in [-0.3, -0.25) is 5.10 Å². The number of rotatable bonds is 6. The zero-order chi connectivity index (χ0) is 14.5. The normalized spacial score (nSPS) is 11.1. The average Bonchev–Trinajstić information content (AvgIpc) is 2.77. The van der Waals surface area contributed by atoms with Gasteiger partial charge in [-0.25, -0.2) is 4.79 Å². The maximum atomic E-state index is 10.4. The van der Waals surface area contributed by atoms with Crippen LogP contribution in [0.2, 0.25) is 0 Å². The van der Waals surface area contributed by atoms with Crippen LogP contribution in [-0.4, -0.2) is 46.5 Å². The minimum Gasteiger partial charge on any atom is -0.508 e. The molecule has 0 bridgehead atoms. The Morgan fingerprint density at radius 1 is 1.55 bits per heavy atom. The smallest absolute Gasteiger partial charge is 0.404 e. The molecule has 0 radical (unpaired) electrons. The minimum absolute atomic E-state index is 0.220. The van der Waals surface area contributed by atoms with E-state index in [1.807, 2.05) is 7.05 Å². The lowest BCUT2D eigenvalue weighted by atomic mass is 10.2. The summed E-state index contributed by atoms with van der Waals surface area (Å²) in [5.74, 6) is 0.220. The molecule has 0 atom stereocenters. The first kappa shape index (κ1) is 14.1. The van der Waals surface area contributed by atoms with Gasteiger partial charge < -0.3 is 20.5 Å². The Hall–Kier alpha value is -2.28. The lowest BCUT2D eigenvalue weighted by Crippen LogP contribution is -2.22. The van der Waals surface area contributed by atoms with Crippen molar-refractivity contribution in [3.05, 3.63) is 23.9 Å². The van der Waals surface area contributed by atoms with Crippen molar-refractivity contribution in [2.75, 3.05) is 20.2 Å². The number of carbonyl (C=O) groups is 1. The molecule has 0 saturated carbocycles. The van der Waals surface area contributed by atoms with Crippen molar-refractivity contribution in [3.8, 4) is 5.75 Å². The SMILES string of the molecule is CN(CCCOC(N)=O)Cc1[nH]nc2ccc(O)cc12. The molecule has 7 heteroatoms. The van der Waals surface area contributed by atoms with E-state index in [0.29, 0.717) is 19.6 Å². The monoisotopic (exact) mass is 278 g/mol. The lowest BCUT2D eigenvalue weighted by molar-refractivity contribution is 0.149. The maximum absolute atomic E-state index is 10.4. The van der Waals surface area contributed by atoms with E-state index in [1.165, 1.54) is 0 Å². The fourth-order valence-electron chi connectivity index (χ4n) is 2.03. The number of ether oxygens (including phenoxy) is 1. The van der Waals surface area contributed by atoms with Crippen LogP contribution in [0.25, 0.3) is 10.9 Å². The van der Waals surface area contributed by atoms with Crippen LogP contribution in [0.3, 0.4) is 0 Å². The van der Waals surface area contributed by atoms with Crippen LogP contribution in [-0.2, 0) is 11.3 Å². The number of H-pyrrole nitrogens is 1. The third-order valence-corrected chi connectivity index (χ3v) is 2.97. The Bertz CT molecular complexity index is 596. The topological polar surface area (TPSA) is 104 Å². The summed E-state index contributed by atoms with van der Waals surface area (Å²) in [4.78, 5) is 12.5. The highest BCUT2D eigenvalue weighted by Crippen LogP contribution is 2.21. The number of amides is 1. The van der Waals surface area contributed by atoms with Gasteiger partial charge in [-0.15, -0.1) is 0 Å². The highest BCUT2D eigenvalue weighted by molar-refractivity contribution is 5.82. The van der Waals surface area contributed by atoms with Gasteiger partial charge in [-0.05, 0) is 31.7 Å². The molecule has 1 heterocycles. The summed E-state index contributed by atoms with van der Waals surface area (Å²) in [5.41, 5.74) is 6.65. The van der Waals surface area contributed by atoms with Gasteiger partial charge in [-0.1, -0.05) is 0 Å². The predicted octanol–water partition coefficient (Wildman–Crippen LogP) is 1.19. The van der Waals surface area contributed by atoms with Crippen molar-refractivity contribution in [3.63, 3.8) is 0 Å². The molecule has 0 spiro atoms. The molecular weight excluding hydrogens is 260 g/mol. The first-order valence-electron chi connectivity index (χ1n) is 6.33. The van der Waals surface area contributed by atoms with Gasteiger partial charge >= 0.3 is 6.09 Å². The Balaban J connectivity index is 1.91. The lowest BCUT2D eigenvalue weighted by Gasteiger charge is -2.15. The molecule has 2 aromatic rings. The quantitative estimate of drug-likeness (QED) is 0.688. The summed E-state index contributed by atoms with van der Waals surface area (Å²) >= 11 is 0. The summed E-state index contributed by atoms with van der Waals surface area (Å²) in [6, 6.07) is 5.07. The summed E-state index contributed by atoms with van der Waals surface area (Å²) in [7, 11) is 1.96. The second-order valence-electron chi connectivity index (χ2n) is 4.66. The molecule has 1 amide bonds. The summed E-state index contributed by atoms with van der Waals surface area (Å²) in [5, 5.41) is 17.6. The number of phenols is 1. The second-order valence-corrected chi connectivity index (χ2v) is 4.66. The Morgan fingerprint density at radius 3 is 3.10 bits per heavy atom. The second kappa shape index (κ2) is 6.25. The van der Waals surface area contributed by atoms with Gasteiger partial charge in [0.05, 0.1) is 17.8 Å². The third-order valence-electron chi connectivity index (χ3n) is 2.97. The van der Waals surface area contributed by atoms with E-state index >= 15 is 0 Å². The first-order valence-corrected chi connectivity index (χ1v) is 6.33. The molecule has 4 N–H and O–H groups in total. The maximum Gasteiger partial charge on any atom is 0.404 e. The fraction of sp³-hybridized carbons (Fsp3) is 0.385. The van der Waals surface area contributed by atoms with Crippen LogP contribution < -0.4 is 5.73 Å². The van der Waals surface area contributed by atoms with Crippen LogP contribution in [0.4, 0.5) is 4.79 Å². The molecule has 0 aliphatic heterocycles. The minimum atomic E-state index is -0.748. The number of aromatic amines is 1. The van der Waals surface area contributed by atoms with Crippen LogP contribution in [0, 0.1) is 0 Å². The molecule has 1 aromatic heterocycles. The van der Waals surface area contributed by atoms with E-state index in [0.717, 1.165) is 23.1 Å². The van der Waals surface area contributed by atoms with Crippen molar-refractivity contribution < 1.29 is 14.6 Å². The number of benzene rings is 1. The molecule has 1 aromatic carbocycles. The highest BCUT2D eigenvalue weighted by atomic mass is 16.5. The van der Waals surface area contributed by atoms with Crippen molar-refractivity contribution in [2.45, 2.75) is 13.0 Å². The number of primary amides is 1. The summed E-state index contributed by atoms with van der Waals surface area (Å²) in [6.07, 6.45) is -0.0424. The van der Waals surface area contributed by atoms with Crippen LogP contribution in [0.1, 0.15) is 12.1 Å². The van der Waals surface area contributed by atoms with E-state index in [2.05, 4.69) is 19.8 Å². The number of nitrogens with one attached hydrogen (secondary N) is 1. The number of hydrogen-bond donors (Lipinski definition) is 3. The van der Waals surface area contributed by atoms with E-state index < -0.39 is 6.09 Å². The number of nitrogens with two attached hydrogens (primary N) is 1. The van der Waals surface area contributed by atoms with Crippen LogP contribution in [0.5, 0.6) is 5.75 Å². The van der Waals surface area contributed by atoms with Gasteiger partial charge in [-0.2, -0.15) is 5.10 Å². The first-order chi connectivity index (χ1) is 9.56. The molecule has 0 unspecified atom stereocenters. The number of aromatic nitrogens is 2. The summed E-state index contributed by atoms with van der Waals surface area (Å²) < 4.78 is 4.67. The molecule has 108 valence electrons. The Kier molecular flexibility index (Phi) is 4.41. The van der Waals surface area contributed by atoms with Crippen LogP contribution in [0.15, 0.2) is 18.2 Å². The molecule has 0 aliphatic rings. The number of phenolic OH excluding ortho intramolecular Hbond substituents is 1.